The Morgan fingerprint density at radius 1 is 1.22 bits per heavy atom. The molecule has 2 heterocycles. The second-order valence-electron chi connectivity index (χ2n) is 4.11. The Morgan fingerprint density at radius 3 is 2.67 bits per heavy atom. The van der Waals surface area contributed by atoms with E-state index in [0.717, 1.165) is 16.7 Å². The van der Waals surface area contributed by atoms with Crippen LogP contribution >= 0.6 is 11.8 Å². The van der Waals surface area contributed by atoms with Crippen LogP contribution in [0.15, 0.2) is 34.7 Å². The molecule has 5 nitrogen and oxygen atoms in total. The molecule has 2 aromatic rings. The summed E-state index contributed by atoms with van der Waals surface area (Å²) in [5, 5.41) is 4.67. The van der Waals surface area contributed by atoms with Gasteiger partial charge in [0.2, 0.25) is 0 Å². The van der Waals surface area contributed by atoms with Crippen LogP contribution in [0.3, 0.4) is 0 Å². The third kappa shape index (κ3) is 2.59. The predicted molar refractivity (Wildman–Crippen MR) is 69.7 cm³/mol. The quantitative estimate of drug-likeness (QED) is 0.671. The normalized spacial score (nSPS) is 14.5. The lowest BCUT2D eigenvalue weighted by Gasteiger charge is -2.06. The lowest BCUT2D eigenvalue weighted by molar-refractivity contribution is 0.875. The molecule has 1 aliphatic rings. The largest absolute Gasteiger partial charge is 0.373 e. The Hall–Kier alpha value is -1.69. The van der Waals surface area contributed by atoms with Gasteiger partial charge < -0.3 is 5.32 Å². The fourth-order valence-electron chi connectivity index (χ4n) is 1.58. The van der Waals surface area contributed by atoms with E-state index in [1.54, 1.807) is 18.5 Å². The zero-order valence-electron chi connectivity index (χ0n) is 10.00. The molecule has 0 saturated heterocycles. The molecule has 0 aliphatic heterocycles. The minimum atomic E-state index is 0.536. The van der Waals surface area contributed by atoms with E-state index < -0.39 is 0 Å². The van der Waals surface area contributed by atoms with Crippen molar-refractivity contribution in [3.8, 4) is 0 Å². The molecular weight excluding hydrogens is 246 g/mol. The van der Waals surface area contributed by atoms with Gasteiger partial charge in [-0.15, -0.1) is 0 Å². The zero-order chi connectivity index (χ0) is 12.4. The third-order valence-electron chi connectivity index (χ3n) is 2.66. The molecule has 0 amide bonds. The summed E-state index contributed by atoms with van der Waals surface area (Å²) in [5.41, 5.74) is 0. The summed E-state index contributed by atoms with van der Waals surface area (Å²) >= 11 is 1.46. The Labute approximate surface area is 109 Å². The molecule has 92 valence electrons. The Balaban J connectivity index is 1.88. The van der Waals surface area contributed by atoms with Crippen LogP contribution in [-0.2, 0) is 0 Å². The van der Waals surface area contributed by atoms with Crippen molar-refractivity contribution in [3.63, 3.8) is 0 Å². The van der Waals surface area contributed by atoms with E-state index in [9.17, 15) is 0 Å². The average molecular weight is 259 g/mol. The second-order valence-corrected chi connectivity index (χ2v) is 5.09. The van der Waals surface area contributed by atoms with Crippen LogP contribution in [0.25, 0.3) is 0 Å². The van der Waals surface area contributed by atoms with Gasteiger partial charge in [0, 0.05) is 31.4 Å². The number of hydrogen-bond donors (Lipinski definition) is 1. The first-order valence-corrected chi connectivity index (χ1v) is 6.68. The van der Waals surface area contributed by atoms with Crippen molar-refractivity contribution in [2.45, 2.75) is 28.9 Å². The lowest BCUT2D eigenvalue weighted by atomic mass is 10.4. The smallest absolute Gasteiger partial charge is 0.193 e. The number of anilines is 1. The number of aromatic nitrogens is 4. The molecule has 0 atom stereocenters. The van der Waals surface area contributed by atoms with Crippen LogP contribution in [-0.4, -0.2) is 27.0 Å². The van der Waals surface area contributed by atoms with E-state index in [4.69, 9.17) is 0 Å². The molecule has 1 saturated carbocycles. The number of nitrogens with one attached hydrogen (secondary N) is 1. The molecule has 0 aromatic carbocycles. The van der Waals surface area contributed by atoms with Gasteiger partial charge in [-0.25, -0.2) is 19.9 Å². The summed E-state index contributed by atoms with van der Waals surface area (Å²) in [6, 6.07) is 3.73. The standard InChI is InChI=1S/C12H13N5S/c1-13-9-7-10(17-11(16-9)8-3-4-8)18-12-14-5-2-6-15-12/h2,5-8H,3-4H2,1H3,(H,13,16,17). The first-order chi connectivity index (χ1) is 8.85. The Morgan fingerprint density at radius 2 is 2.00 bits per heavy atom. The van der Waals surface area contributed by atoms with Gasteiger partial charge in [0.25, 0.3) is 0 Å². The summed E-state index contributed by atoms with van der Waals surface area (Å²) in [7, 11) is 1.87. The van der Waals surface area contributed by atoms with Gasteiger partial charge in [0.15, 0.2) is 5.16 Å². The van der Waals surface area contributed by atoms with Gasteiger partial charge in [-0.3, -0.25) is 0 Å². The van der Waals surface area contributed by atoms with Crippen LogP contribution in [0.5, 0.6) is 0 Å². The summed E-state index contributed by atoms with van der Waals surface area (Å²) in [6.45, 7) is 0. The van der Waals surface area contributed by atoms with E-state index in [2.05, 4.69) is 25.3 Å². The molecule has 0 radical (unpaired) electrons. The minimum Gasteiger partial charge on any atom is -0.373 e. The Kier molecular flexibility index (Phi) is 3.10. The molecular formula is C12H13N5S. The summed E-state index contributed by atoms with van der Waals surface area (Å²) in [4.78, 5) is 17.4. The van der Waals surface area contributed by atoms with Crippen molar-refractivity contribution in [1.29, 1.82) is 0 Å². The predicted octanol–water partition coefficient (Wildman–Crippen LogP) is 2.34. The van der Waals surface area contributed by atoms with Crippen molar-refractivity contribution in [2.24, 2.45) is 0 Å². The molecule has 2 aromatic heterocycles. The molecule has 0 unspecified atom stereocenters. The van der Waals surface area contributed by atoms with E-state index in [1.165, 1.54) is 24.6 Å². The van der Waals surface area contributed by atoms with Crippen LogP contribution < -0.4 is 5.32 Å². The van der Waals surface area contributed by atoms with Crippen molar-refractivity contribution >= 4 is 17.6 Å². The van der Waals surface area contributed by atoms with Crippen molar-refractivity contribution < 1.29 is 0 Å². The van der Waals surface area contributed by atoms with Crippen LogP contribution in [0, 0.1) is 0 Å². The van der Waals surface area contributed by atoms with Crippen molar-refractivity contribution in [1.82, 2.24) is 19.9 Å². The van der Waals surface area contributed by atoms with Crippen molar-refractivity contribution in [2.75, 3.05) is 12.4 Å². The zero-order valence-corrected chi connectivity index (χ0v) is 10.8. The van der Waals surface area contributed by atoms with Gasteiger partial charge in [0.05, 0.1) is 0 Å². The monoisotopic (exact) mass is 259 g/mol. The first-order valence-electron chi connectivity index (χ1n) is 5.87. The van der Waals surface area contributed by atoms with Crippen molar-refractivity contribution in [3.05, 3.63) is 30.4 Å². The van der Waals surface area contributed by atoms with Gasteiger partial charge in [0.1, 0.15) is 16.7 Å². The summed E-state index contributed by atoms with van der Waals surface area (Å²) in [5.74, 6) is 2.32. The molecule has 0 bridgehead atoms. The van der Waals surface area contributed by atoms with E-state index >= 15 is 0 Å². The molecule has 3 rings (SSSR count). The van der Waals surface area contributed by atoms with Crippen LogP contribution in [0.1, 0.15) is 24.6 Å². The third-order valence-corrected chi connectivity index (χ3v) is 3.47. The highest BCUT2D eigenvalue weighted by molar-refractivity contribution is 7.99. The highest BCUT2D eigenvalue weighted by Gasteiger charge is 2.27. The highest BCUT2D eigenvalue weighted by atomic mass is 32.2. The lowest BCUT2D eigenvalue weighted by Crippen LogP contribution is -2.00. The second kappa shape index (κ2) is 4.89. The fraction of sp³-hybridized carbons (Fsp3) is 0.333. The van der Waals surface area contributed by atoms with E-state index in [-0.39, 0.29) is 0 Å². The summed E-state index contributed by atoms with van der Waals surface area (Å²) < 4.78 is 0. The number of hydrogen-bond acceptors (Lipinski definition) is 6. The van der Waals surface area contributed by atoms with Gasteiger partial charge in [-0.2, -0.15) is 0 Å². The van der Waals surface area contributed by atoms with Crippen LogP contribution in [0.2, 0.25) is 0 Å². The Bertz CT molecular complexity index is 541. The molecule has 1 N–H and O–H groups in total. The first kappa shape index (κ1) is 11.4. The highest BCUT2D eigenvalue weighted by Crippen LogP contribution is 2.39. The maximum absolute atomic E-state index is 4.57. The molecule has 18 heavy (non-hydrogen) atoms. The summed E-state index contributed by atoms with van der Waals surface area (Å²) in [6.07, 6.45) is 5.85. The van der Waals surface area contributed by atoms with E-state index in [0.29, 0.717) is 11.1 Å². The fourth-order valence-corrected chi connectivity index (χ4v) is 2.30. The molecule has 1 aliphatic carbocycles. The van der Waals surface area contributed by atoms with E-state index in [1.807, 2.05) is 13.1 Å². The average Bonchev–Trinajstić information content (AvgIpc) is 3.24. The SMILES string of the molecule is CNc1cc(Sc2ncccn2)nc(C2CC2)n1. The molecule has 0 spiro atoms. The minimum absolute atomic E-state index is 0.536. The maximum atomic E-state index is 4.57. The maximum Gasteiger partial charge on any atom is 0.193 e. The molecule has 6 heteroatoms. The van der Waals surface area contributed by atoms with Gasteiger partial charge >= 0.3 is 0 Å². The van der Waals surface area contributed by atoms with Crippen LogP contribution in [0.4, 0.5) is 5.82 Å². The molecule has 1 fully saturated rings. The van der Waals surface area contributed by atoms with Gasteiger partial charge in [-0.05, 0) is 30.7 Å². The number of rotatable bonds is 4. The topological polar surface area (TPSA) is 63.6 Å². The van der Waals surface area contributed by atoms with Gasteiger partial charge in [-0.1, -0.05) is 0 Å². The number of nitrogens with zero attached hydrogens (tertiary/aromatic N) is 4.